The minimum absolute atomic E-state index is 0.0357. The molecule has 0 atom stereocenters. The van der Waals surface area contributed by atoms with E-state index in [2.05, 4.69) is 15.5 Å². The smallest absolute Gasteiger partial charge is 0.251 e. The Morgan fingerprint density at radius 1 is 1.27 bits per heavy atom. The van der Waals surface area contributed by atoms with Crippen molar-refractivity contribution in [3.8, 4) is 16.5 Å². The van der Waals surface area contributed by atoms with E-state index in [1.54, 1.807) is 11.3 Å². The summed E-state index contributed by atoms with van der Waals surface area (Å²) in [7, 11) is 0. The van der Waals surface area contributed by atoms with Gasteiger partial charge in [0.1, 0.15) is 5.75 Å². The predicted molar refractivity (Wildman–Crippen MR) is 101 cm³/mol. The number of aromatic nitrogens is 2. The first-order valence-electron chi connectivity index (χ1n) is 8.26. The zero-order valence-electron chi connectivity index (χ0n) is 13.9. The molecule has 0 aliphatic heterocycles. The van der Waals surface area contributed by atoms with Gasteiger partial charge in [-0.3, -0.25) is 4.79 Å². The summed E-state index contributed by atoms with van der Waals surface area (Å²) < 4.78 is 5.25. The molecule has 0 aliphatic rings. The molecule has 0 bridgehead atoms. The lowest BCUT2D eigenvalue weighted by atomic mass is 10.1. The van der Waals surface area contributed by atoms with Gasteiger partial charge in [0.15, 0.2) is 0 Å². The number of unbranched alkanes of at least 4 members (excludes halogenated alkanes) is 2. The van der Waals surface area contributed by atoms with Gasteiger partial charge in [-0.05, 0) is 42.5 Å². The van der Waals surface area contributed by atoms with Crippen LogP contribution in [0, 0.1) is 0 Å². The highest BCUT2D eigenvalue weighted by molar-refractivity contribution is 7.13. The lowest BCUT2D eigenvalue weighted by Crippen LogP contribution is -2.24. The van der Waals surface area contributed by atoms with Gasteiger partial charge in [-0.25, -0.2) is 0 Å². The van der Waals surface area contributed by atoms with E-state index in [1.807, 2.05) is 17.5 Å². The number of hydrogen-bond donors (Lipinski definition) is 2. The Morgan fingerprint density at radius 3 is 2.92 bits per heavy atom. The lowest BCUT2D eigenvalue weighted by Gasteiger charge is -2.06. The topological polar surface area (TPSA) is 88.3 Å². The Bertz CT molecular complexity index is 864. The van der Waals surface area contributed by atoms with Crippen molar-refractivity contribution < 1.29 is 14.4 Å². The quantitative estimate of drug-likeness (QED) is 0.559. The number of hydrogen-bond acceptors (Lipinski definition) is 6. The second kappa shape index (κ2) is 8.82. The van der Waals surface area contributed by atoms with Crippen LogP contribution in [0.15, 0.2) is 40.2 Å². The van der Waals surface area contributed by atoms with Crippen molar-refractivity contribution in [2.75, 3.05) is 6.54 Å². The highest BCUT2D eigenvalue weighted by atomic mass is 35.5. The number of thiophene rings is 1. The third kappa shape index (κ3) is 4.83. The zero-order valence-corrected chi connectivity index (χ0v) is 15.5. The van der Waals surface area contributed by atoms with E-state index in [-0.39, 0.29) is 16.7 Å². The normalized spacial score (nSPS) is 10.8. The van der Waals surface area contributed by atoms with E-state index in [0.29, 0.717) is 23.8 Å². The van der Waals surface area contributed by atoms with Gasteiger partial charge in [-0.1, -0.05) is 29.2 Å². The molecule has 0 saturated carbocycles. The van der Waals surface area contributed by atoms with E-state index in [4.69, 9.17) is 16.1 Å². The van der Waals surface area contributed by atoms with Gasteiger partial charge < -0.3 is 14.9 Å². The van der Waals surface area contributed by atoms with Gasteiger partial charge in [0.2, 0.25) is 11.7 Å². The molecule has 136 valence electrons. The summed E-state index contributed by atoms with van der Waals surface area (Å²) >= 11 is 7.38. The van der Waals surface area contributed by atoms with Gasteiger partial charge in [0, 0.05) is 18.5 Å². The Balaban J connectivity index is 1.34. The molecule has 0 fully saturated rings. The molecule has 3 aromatic rings. The van der Waals surface area contributed by atoms with E-state index >= 15 is 0 Å². The van der Waals surface area contributed by atoms with Crippen LogP contribution in [0.25, 0.3) is 10.7 Å². The molecular weight excluding hydrogens is 374 g/mol. The molecule has 1 aromatic carbocycles. The van der Waals surface area contributed by atoms with Gasteiger partial charge >= 0.3 is 0 Å². The molecule has 0 saturated heterocycles. The Labute approximate surface area is 159 Å². The molecule has 0 radical (unpaired) electrons. The first-order chi connectivity index (χ1) is 12.6. The third-order valence-electron chi connectivity index (χ3n) is 3.77. The monoisotopic (exact) mass is 391 g/mol. The molecule has 8 heteroatoms. The number of nitrogens with zero attached hydrogens (tertiary/aromatic N) is 2. The molecule has 26 heavy (non-hydrogen) atoms. The Hall–Kier alpha value is -2.38. The highest BCUT2D eigenvalue weighted by Crippen LogP contribution is 2.23. The number of benzene rings is 1. The van der Waals surface area contributed by atoms with Crippen molar-refractivity contribution in [1.29, 1.82) is 0 Å². The molecule has 2 aromatic heterocycles. The Kier molecular flexibility index (Phi) is 6.25. The fourth-order valence-corrected chi connectivity index (χ4v) is 3.22. The average Bonchev–Trinajstić information content (AvgIpc) is 3.31. The van der Waals surface area contributed by atoms with Crippen LogP contribution in [0.3, 0.4) is 0 Å². The van der Waals surface area contributed by atoms with E-state index in [0.717, 1.165) is 30.6 Å². The van der Waals surface area contributed by atoms with Crippen LogP contribution in [0.4, 0.5) is 0 Å². The molecule has 0 aliphatic carbocycles. The Morgan fingerprint density at radius 2 is 2.15 bits per heavy atom. The number of amides is 1. The van der Waals surface area contributed by atoms with E-state index < -0.39 is 0 Å². The molecule has 0 spiro atoms. The molecule has 6 nitrogen and oxygen atoms in total. The van der Waals surface area contributed by atoms with Crippen molar-refractivity contribution in [3.63, 3.8) is 0 Å². The summed E-state index contributed by atoms with van der Waals surface area (Å²) in [6.07, 6.45) is 3.42. The van der Waals surface area contributed by atoms with Gasteiger partial charge in [0.25, 0.3) is 5.91 Å². The van der Waals surface area contributed by atoms with Crippen LogP contribution in [0.2, 0.25) is 5.02 Å². The second-order valence-corrected chi connectivity index (χ2v) is 7.08. The van der Waals surface area contributed by atoms with E-state index in [9.17, 15) is 9.90 Å². The lowest BCUT2D eigenvalue weighted by molar-refractivity contribution is 0.0953. The molecule has 2 heterocycles. The fraction of sp³-hybridized carbons (Fsp3) is 0.278. The highest BCUT2D eigenvalue weighted by Gasteiger charge is 2.10. The summed E-state index contributed by atoms with van der Waals surface area (Å²) in [6.45, 7) is 0.571. The van der Waals surface area contributed by atoms with Crippen molar-refractivity contribution in [1.82, 2.24) is 15.5 Å². The number of phenolic OH excluding ortho intramolecular Hbond substituents is 1. The van der Waals surface area contributed by atoms with Crippen LogP contribution in [-0.4, -0.2) is 27.7 Å². The largest absolute Gasteiger partial charge is 0.506 e. The first-order valence-corrected chi connectivity index (χ1v) is 9.52. The van der Waals surface area contributed by atoms with Crippen LogP contribution >= 0.6 is 22.9 Å². The summed E-state index contributed by atoms with van der Waals surface area (Å²) in [5.74, 6) is 1.03. The number of nitrogens with one attached hydrogen (secondary N) is 1. The van der Waals surface area contributed by atoms with Gasteiger partial charge in [-0.2, -0.15) is 4.98 Å². The maximum absolute atomic E-state index is 12.0. The summed E-state index contributed by atoms with van der Waals surface area (Å²) in [6, 6.07) is 8.32. The van der Waals surface area contributed by atoms with Gasteiger partial charge in [0.05, 0.1) is 9.90 Å². The number of rotatable bonds is 8. The second-order valence-electron chi connectivity index (χ2n) is 5.72. The molecule has 2 N–H and O–H groups in total. The number of aromatic hydroxyl groups is 1. The molecule has 0 unspecified atom stereocenters. The molecular formula is C18H18ClN3O3S. The third-order valence-corrected chi connectivity index (χ3v) is 4.94. The fourth-order valence-electron chi connectivity index (χ4n) is 2.39. The maximum atomic E-state index is 12.0. The van der Waals surface area contributed by atoms with Crippen LogP contribution in [0.1, 0.15) is 35.5 Å². The van der Waals surface area contributed by atoms with Crippen molar-refractivity contribution in [2.45, 2.75) is 25.7 Å². The van der Waals surface area contributed by atoms with Crippen molar-refractivity contribution in [3.05, 3.63) is 52.2 Å². The zero-order chi connectivity index (χ0) is 18.4. The van der Waals surface area contributed by atoms with Crippen molar-refractivity contribution in [2.24, 2.45) is 0 Å². The number of halogens is 1. The standard InChI is InChI=1S/C18H18ClN3O3S/c19-13-11-12(7-8-14(13)23)18(24)20-9-3-1-2-6-16-21-17(22-25-16)15-5-4-10-26-15/h4-5,7-8,10-11,23H,1-3,6,9H2,(H,20,24). The number of carbonyl (C=O) groups is 1. The first kappa shape index (κ1) is 18.4. The minimum Gasteiger partial charge on any atom is -0.506 e. The van der Waals surface area contributed by atoms with Crippen LogP contribution in [0.5, 0.6) is 5.75 Å². The van der Waals surface area contributed by atoms with Crippen LogP contribution in [-0.2, 0) is 6.42 Å². The minimum atomic E-state index is -0.204. The van der Waals surface area contributed by atoms with Crippen LogP contribution < -0.4 is 5.32 Å². The van der Waals surface area contributed by atoms with E-state index in [1.165, 1.54) is 18.2 Å². The number of aryl methyl sites for hydroxylation is 1. The number of phenols is 1. The summed E-state index contributed by atoms with van der Waals surface area (Å²) in [5, 5.41) is 18.3. The molecule has 1 amide bonds. The predicted octanol–water partition coefficient (Wildman–Crippen LogP) is 4.30. The summed E-state index contributed by atoms with van der Waals surface area (Å²) in [4.78, 5) is 17.4. The SMILES string of the molecule is O=C(NCCCCCc1nc(-c2cccs2)no1)c1ccc(O)c(Cl)c1. The number of carbonyl (C=O) groups excluding carboxylic acids is 1. The summed E-state index contributed by atoms with van der Waals surface area (Å²) in [5.41, 5.74) is 0.430. The van der Waals surface area contributed by atoms with Gasteiger partial charge in [-0.15, -0.1) is 11.3 Å². The molecule has 3 rings (SSSR count). The maximum Gasteiger partial charge on any atom is 0.251 e. The van der Waals surface area contributed by atoms with Crippen molar-refractivity contribution >= 4 is 28.8 Å². The average molecular weight is 392 g/mol.